The predicted molar refractivity (Wildman–Crippen MR) is 86.0 cm³/mol. The third kappa shape index (κ3) is 4.40. The minimum absolute atomic E-state index is 0.0869. The fraction of sp³-hybridized carbons (Fsp3) is 0.625. The van der Waals surface area contributed by atoms with Gasteiger partial charge < -0.3 is 15.3 Å². The van der Waals surface area contributed by atoms with Gasteiger partial charge >= 0.3 is 5.97 Å². The number of anilines is 1. The van der Waals surface area contributed by atoms with E-state index in [0.29, 0.717) is 19.3 Å². The van der Waals surface area contributed by atoms with E-state index in [4.69, 9.17) is 0 Å². The Balaban J connectivity index is 1.89. The van der Waals surface area contributed by atoms with Crippen molar-refractivity contribution >= 4 is 17.7 Å². The molecule has 1 aliphatic rings. The van der Waals surface area contributed by atoms with Crippen LogP contribution in [0.1, 0.15) is 33.1 Å². The molecule has 7 nitrogen and oxygen atoms in total. The van der Waals surface area contributed by atoms with Crippen molar-refractivity contribution in [3.8, 4) is 0 Å². The number of hydrogen-bond donors (Lipinski definition) is 2. The number of aromatic nitrogens is 2. The van der Waals surface area contributed by atoms with E-state index in [0.717, 1.165) is 18.9 Å². The van der Waals surface area contributed by atoms with E-state index in [-0.39, 0.29) is 17.7 Å². The molecule has 2 N–H and O–H groups in total. The monoisotopic (exact) mass is 320 g/mol. The zero-order chi connectivity index (χ0) is 16.8. The van der Waals surface area contributed by atoms with Gasteiger partial charge in [-0.05, 0) is 18.8 Å². The van der Waals surface area contributed by atoms with Crippen molar-refractivity contribution in [1.82, 2.24) is 15.3 Å². The standard InChI is InChI=1S/C16H24N4O3/c1-3-11(2)14(16(22)23)19-15(21)12-4-8-20(9-5-12)13-10-17-6-7-18-13/h6-7,10-12,14H,3-5,8-9H2,1-2H3,(H,19,21)(H,22,23)/t11-,14-/m1/s1. The first-order chi connectivity index (χ1) is 11.0. The lowest BCUT2D eigenvalue weighted by atomic mass is 9.93. The zero-order valence-electron chi connectivity index (χ0n) is 13.6. The van der Waals surface area contributed by atoms with Crippen molar-refractivity contribution in [1.29, 1.82) is 0 Å². The summed E-state index contributed by atoms with van der Waals surface area (Å²) in [5, 5.41) is 12.0. The summed E-state index contributed by atoms with van der Waals surface area (Å²) in [7, 11) is 0. The number of carboxylic acids is 1. The molecule has 23 heavy (non-hydrogen) atoms. The van der Waals surface area contributed by atoms with Crippen LogP contribution in [0.5, 0.6) is 0 Å². The minimum Gasteiger partial charge on any atom is -0.480 e. The fourth-order valence-corrected chi connectivity index (χ4v) is 2.78. The minimum atomic E-state index is -0.968. The largest absolute Gasteiger partial charge is 0.480 e. The number of amides is 1. The van der Waals surface area contributed by atoms with Crippen molar-refractivity contribution in [2.45, 2.75) is 39.2 Å². The average molecular weight is 320 g/mol. The summed E-state index contributed by atoms with van der Waals surface area (Å²) in [5.74, 6) is -0.541. The Bertz CT molecular complexity index is 529. The summed E-state index contributed by atoms with van der Waals surface area (Å²) < 4.78 is 0. The van der Waals surface area contributed by atoms with Crippen LogP contribution in [0.4, 0.5) is 5.82 Å². The van der Waals surface area contributed by atoms with Gasteiger partial charge in [0, 0.05) is 31.4 Å². The van der Waals surface area contributed by atoms with Gasteiger partial charge in [-0.25, -0.2) is 9.78 Å². The number of piperidine rings is 1. The van der Waals surface area contributed by atoms with Gasteiger partial charge in [-0.15, -0.1) is 0 Å². The summed E-state index contributed by atoms with van der Waals surface area (Å²) in [6.07, 6.45) is 7.08. The number of nitrogens with one attached hydrogen (secondary N) is 1. The normalized spacial score (nSPS) is 18.3. The maximum absolute atomic E-state index is 12.4. The predicted octanol–water partition coefficient (Wildman–Crippen LogP) is 1.31. The van der Waals surface area contributed by atoms with Crippen molar-refractivity contribution in [3.63, 3.8) is 0 Å². The van der Waals surface area contributed by atoms with E-state index in [9.17, 15) is 14.7 Å². The molecule has 2 atom stereocenters. The smallest absolute Gasteiger partial charge is 0.326 e. The van der Waals surface area contributed by atoms with Crippen LogP contribution < -0.4 is 10.2 Å². The van der Waals surface area contributed by atoms with Crippen LogP contribution in [0.2, 0.25) is 0 Å². The molecule has 1 amide bonds. The Morgan fingerprint density at radius 2 is 2.09 bits per heavy atom. The molecule has 0 spiro atoms. The van der Waals surface area contributed by atoms with Crippen molar-refractivity contribution in [2.24, 2.45) is 11.8 Å². The molecule has 0 radical (unpaired) electrons. The van der Waals surface area contributed by atoms with E-state index in [1.165, 1.54) is 0 Å². The lowest BCUT2D eigenvalue weighted by molar-refractivity contribution is -0.144. The molecular weight excluding hydrogens is 296 g/mol. The van der Waals surface area contributed by atoms with Crippen molar-refractivity contribution < 1.29 is 14.7 Å². The zero-order valence-corrected chi connectivity index (χ0v) is 13.6. The first-order valence-corrected chi connectivity index (χ1v) is 8.07. The lowest BCUT2D eigenvalue weighted by Gasteiger charge is -2.32. The first-order valence-electron chi connectivity index (χ1n) is 8.07. The Kier molecular flexibility index (Phi) is 5.90. The van der Waals surface area contributed by atoms with Crippen molar-refractivity contribution in [2.75, 3.05) is 18.0 Å². The molecule has 1 aromatic rings. The molecule has 0 aromatic carbocycles. The average Bonchev–Trinajstić information content (AvgIpc) is 2.59. The first kappa shape index (κ1) is 17.2. The summed E-state index contributed by atoms with van der Waals surface area (Å²) in [5.41, 5.74) is 0. The van der Waals surface area contributed by atoms with E-state index in [1.54, 1.807) is 18.6 Å². The molecule has 0 saturated carbocycles. The number of nitrogens with zero attached hydrogens (tertiary/aromatic N) is 3. The second kappa shape index (κ2) is 7.89. The fourth-order valence-electron chi connectivity index (χ4n) is 2.78. The molecule has 2 rings (SSSR count). The van der Waals surface area contributed by atoms with Crippen LogP contribution in [0.15, 0.2) is 18.6 Å². The summed E-state index contributed by atoms with van der Waals surface area (Å²) in [4.78, 5) is 34.1. The molecule has 1 aromatic heterocycles. The van der Waals surface area contributed by atoms with Crippen LogP contribution in [0, 0.1) is 11.8 Å². The summed E-state index contributed by atoms with van der Waals surface area (Å²) >= 11 is 0. The molecule has 126 valence electrons. The molecule has 1 saturated heterocycles. The number of hydrogen-bond acceptors (Lipinski definition) is 5. The Labute approximate surface area is 136 Å². The third-order valence-corrected chi connectivity index (χ3v) is 4.52. The molecule has 7 heteroatoms. The Hall–Kier alpha value is -2.18. The second-order valence-electron chi connectivity index (χ2n) is 6.03. The van der Waals surface area contributed by atoms with Crippen LogP contribution in [-0.4, -0.2) is 46.1 Å². The highest BCUT2D eigenvalue weighted by Gasteiger charge is 2.31. The van der Waals surface area contributed by atoms with Gasteiger partial charge in [-0.1, -0.05) is 20.3 Å². The highest BCUT2D eigenvalue weighted by Crippen LogP contribution is 2.21. The summed E-state index contributed by atoms with van der Waals surface area (Å²) in [6, 6.07) is -0.814. The highest BCUT2D eigenvalue weighted by atomic mass is 16.4. The van der Waals surface area contributed by atoms with Gasteiger partial charge in [0.1, 0.15) is 11.9 Å². The molecule has 2 heterocycles. The molecule has 0 aliphatic carbocycles. The Morgan fingerprint density at radius 1 is 1.39 bits per heavy atom. The van der Waals surface area contributed by atoms with Gasteiger partial charge in [-0.2, -0.15) is 0 Å². The molecule has 1 fully saturated rings. The molecule has 0 unspecified atom stereocenters. The van der Waals surface area contributed by atoms with Crippen LogP contribution in [-0.2, 0) is 9.59 Å². The van der Waals surface area contributed by atoms with Gasteiger partial charge in [0.05, 0.1) is 6.20 Å². The summed E-state index contributed by atoms with van der Waals surface area (Å²) in [6.45, 7) is 5.21. The molecule has 1 aliphatic heterocycles. The number of rotatable bonds is 6. The number of aliphatic carboxylic acids is 1. The highest BCUT2D eigenvalue weighted by molar-refractivity contribution is 5.85. The Morgan fingerprint density at radius 3 is 2.61 bits per heavy atom. The van der Waals surface area contributed by atoms with Gasteiger partial charge in [0.2, 0.25) is 5.91 Å². The SMILES string of the molecule is CC[C@@H](C)[C@@H](NC(=O)C1CCN(c2cnccn2)CC1)C(=O)O. The molecular formula is C16H24N4O3. The number of carbonyl (C=O) groups excluding carboxylic acids is 1. The van der Waals surface area contributed by atoms with Crippen LogP contribution in [0.25, 0.3) is 0 Å². The topological polar surface area (TPSA) is 95.4 Å². The van der Waals surface area contributed by atoms with E-state index < -0.39 is 12.0 Å². The van der Waals surface area contributed by atoms with E-state index >= 15 is 0 Å². The van der Waals surface area contributed by atoms with Gasteiger partial charge in [0.15, 0.2) is 0 Å². The number of carbonyl (C=O) groups is 2. The third-order valence-electron chi connectivity index (χ3n) is 4.52. The van der Waals surface area contributed by atoms with E-state index in [2.05, 4.69) is 20.2 Å². The van der Waals surface area contributed by atoms with E-state index in [1.807, 2.05) is 13.8 Å². The second-order valence-corrected chi connectivity index (χ2v) is 6.03. The van der Waals surface area contributed by atoms with Gasteiger partial charge in [0.25, 0.3) is 0 Å². The maximum Gasteiger partial charge on any atom is 0.326 e. The maximum atomic E-state index is 12.4. The number of carboxylic acid groups (broad SMARTS) is 1. The van der Waals surface area contributed by atoms with Gasteiger partial charge in [-0.3, -0.25) is 9.78 Å². The molecule has 0 bridgehead atoms. The van der Waals surface area contributed by atoms with Crippen LogP contribution >= 0.6 is 0 Å². The lowest BCUT2D eigenvalue weighted by Crippen LogP contribution is -2.49. The quantitative estimate of drug-likeness (QED) is 0.820. The van der Waals surface area contributed by atoms with Crippen molar-refractivity contribution in [3.05, 3.63) is 18.6 Å². The van der Waals surface area contributed by atoms with Crippen LogP contribution in [0.3, 0.4) is 0 Å².